The van der Waals surface area contributed by atoms with E-state index in [9.17, 15) is 4.79 Å². The zero-order chi connectivity index (χ0) is 9.90. The first-order valence-corrected chi connectivity index (χ1v) is 4.51. The fourth-order valence-corrected chi connectivity index (χ4v) is 0.899. The molecule has 72 valence electrons. The van der Waals surface area contributed by atoms with Crippen LogP contribution in [-0.4, -0.2) is 26.4 Å². The average molecular weight is 202 g/mol. The summed E-state index contributed by atoms with van der Waals surface area (Å²) in [4.78, 5) is 15.3. The fraction of sp³-hybridized carbons (Fsp3) is 0.625. The topological polar surface area (TPSA) is 47.8 Å². The van der Waals surface area contributed by atoms with E-state index in [1.165, 1.54) is 17.3 Å². The summed E-state index contributed by atoms with van der Waals surface area (Å²) in [5, 5.41) is 3.85. The van der Waals surface area contributed by atoms with Crippen molar-refractivity contribution in [2.75, 3.05) is 5.88 Å². The Balaban J connectivity index is 2.61. The lowest BCUT2D eigenvalue weighted by Gasteiger charge is -2.18. The van der Waals surface area contributed by atoms with E-state index in [0.717, 1.165) is 0 Å². The molecule has 1 aromatic heterocycles. The molecule has 0 aromatic carbocycles. The quantitative estimate of drug-likeness (QED) is 0.686. The number of Topliss-reactive ketones (excluding diaryl/α,β-unsaturated/α-hetero) is 1. The molecule has 0 amide bonds. The molecule has 13 heavy (non-hydrogen) atoms. The van der Waals surface area contributed by atoms with Crippen LogP contribution in [0.3, 0.4) is 0 Å². The Labute approximate surface area is 81.9 Å². The number of ketones is 1. The lowest BCUT2D eigenvalue weighted by atomic mass is 9.90. The Hall–Kier alpha value is -0.900. The minimum Gasteiger partial charge on any atom is -0.297 e. The number of aromatic nitrogens is 3. The first-order valence-electron chi connectivity index (χ1n) is 3.98. The predicted molar refractivity (Wildman–Crippen MR) is 49.5 cm³/mol. The van der Waals surface area contributed by atoms with Crippen LogP contribution < -0.4 is 0 Å². The molecule has 0 fully saturated rings. The van der Waals surface area contributed by atoms with Gasteiger partial charge in [0.15, 0.2) is 5.78 Å². The molecular formula is C8H12ClN3O. The zero-order valence-corrected chi connectivity index (χ0v) is 8.45. The van der Waals surface area contributed by atoms with E-state index in [-0.39, 0.29) is 12.3 Å². The molecule has 0 aliphatic carbocycles. The van der Waals surface area contributed by atoms with Crippen LogP contribution in [0.4, 0.5) is 0 Å². The molecule has 4 nitrogen and oxygen atoms in total. The SMILES string of the molecule is CC(C)(CCl)C(=O)Cn1cncn1. The molecule has 0 radical (unpaired) electrons. The Bertz CT molecular complexity index is 282. The molecular weight excluding hydrogens is 190 g/mol. The van der Waals surface area contributed by atoms with Crippen molar-refractivity contribution in [2.24, 2.45) is 5.41 Å². The number of alkyl halides is 1. The third-order valence-electron chi connectivity index (χ3n) is 1.86. The molecule has 1 aromatic rings. The molecule has 0 aliphatic rings. The van der Waals surface area contributed by atoms with Crippen LogP contribution in [0.15, 0.2) is 12.7 Å². The van der Waals surface area contributed by atoms with Crippen LogP contribution in [0, 0.1) is 5.41 Å². The number of carbonyl (C=O) groups is 1. The third kappa shape index (κ3) is 2.52. The van der Waals surface area contributed by atoms with E-state index in [2.05, 4.69) is 10.1 Å². The first kappa shape index (κ1) is 10.2. The average Bonchev–Trinajstić information content (AvgIpc) is 2.57. The summed E-state index contributed by atoms with van der Waals surface area (Å²) in [7, 11) is 0. The normalized spacial score (nSPS) is 11.6. The zero-order valence-electron chi connectivity index (χ0n) is 7.70. The number of hydrogen-bond donors (Lipinski definition) is 0. The molecule has 0 aliphatic heterocycles. The van der Waals surface area contributed by atoms with Crippen molar-refractivity contribution in [3.05, 3.63) is 12.7 Å². The Kier molecular flexibility index (Phi) is 3.03. The second-order valence-corrected chi connectivity index (χ2v) is 3.80. The molecule has 1 heterocycles. The highest BCUT2D eigenvalue weighted by molar-refractivity contribution is 6.19. The number of nitrogens with zero attached hydrogens (tertiary/aromatic N) is 3. The summed E-state index contributed by atoms with van der Waals surface area (Å²) >= 11 is 5.66. The molecule has 0 spiro atoms. The fourth-order valence-electron chi connectivity index (χ4n) is 0.750. The van der Waals surface area contributed by atoms with Gasteiger partial charge in [0.2, 0.25) is 0 Å². The first-order chi connectivity index (χ1) is 6.06. The van der Waals surface area contributed by atoms with E-state index < -0.39 is 5.41 Å². The highest BCUT2D eigenvalue weighted by atomic mass is 35.5. The van der Waals surface area contributed by atoms with Crippen molar-refractivity contribution in [3.8, 4) is 0 Å². The second-order valence-electron chi connectivity index (χ2n) is 3.53. The van der Waals surface area contributed by atoms with E-state index in [0.29, 0.717) is 5.88 Å². The largest absolute Gasteiger partial charge is 0.297 e. The summed E-state index contributed by atoms with van der Waals surface area (Å²) in [6, 6.07) is 0. The van der Waals surface area contributed by atoms with E-state index in [1.54, 1.807) is 0 Å². The van der Waals surface area contributed by atoms with Crippen molar-refractivity contribution < 1.29 is 4.79 Å². The Morgan fingerprint density at radius 3 is 2.77 bits per heavy atom. The number of halogens is 1. The number of rotatable bonds is 4. The van der Waals surface area contributed by atoms with Gasteiger partial charge in [0, 0.05) is 11.3 Å². The van der Waals surface area contributed by atoms with Crippen LogP contribution in [0.5, 0.6) is 0 Å². The Morgan fingerprint density at radius 2 is 2.31 bits per heavy atom. The van der Waals surface area contributed by atoms with Gasteiger partial charge in [-0.2, -0.15) is 5.10 Å². The van der Waals surface area contributed by atoms with Crippen LogP contribution in [0.2, 0.25) is 0 Å². The summed E-state index contributed by atoms with van der Waals surface area (Å²) in [5.41, 5.74) is -0.493. The molecule has 5 heteroatoms. The lowest BCUT2D eigenvalue weighted by Crippen LogP contribution is -2.29. The standard InChI is InChI=1S/C8H12ClN3O/c1-8(2,4-9)7(13)3-12-6-10-5-11-12/h5-6H,3-4H2,1-2H3. The smallest absolute Gasteiger partial charge is 0.161 e. The van der Waals surface area contributed by atoms with Gasteiger partial charge in [-0.3, -0.25) is 4.79 Å². The van der Waals surface area contributed by atoms with Gasteiger partial charge in [0.1, 0.15) is 19.2 Å². The van der Waals surface area contributed by atoms with Gasteiger partial charge >= 0.3 is 0 Å². The van der Waals surface area contributed by atoms with Crippen molar-refractivity contribution in [2.45, 2.75) is 20.4 Å². The third-order valence-corrected chi connectivity index (χ3v) is 2.53. The van der Waals surface area contributed by atoms with Crippen molar-refractivity contribution in [3.63, 3.8) is 0 Å². The molecule has 0 bridgehead atoms. The van der Waals surface area contributed by atoms with E-state index in [4.69, 9.17) is 11.6 Å². The van der Waals surface area contributed by atoms with Crippen LogP contribution in [0.25, 0.3) is 0 Å². The maximum absolute atomic E-state index is 11.6. The van der Waals surface area contributed by atoms with Gasteiger partial charge < -0.3 is 0 Å². The minimum atomic E-state index is -0.493. The van der Waals surface area contributed by atoms with Crippen molar-refractivity contribution in [1.82, 2.24) is 14.8 Å². The van der Waals surface area contributed by atoms with Gasteiger partial charge in [-0.25, -0.2) is 9.67 Å². The number of carbonyl (C=O) groups excluding carboxylic acids is 1. The van der Waals surface area contributed by atoms with Gasteiger partial charge in [-0.15, -0.1) is 11.6 Å². The second kappa shape index (κ2) is 3.87. The van der Waals surface area contributed by atoms with Gasteiger partial charge in [-0.05, 0) is 0 Å². The van der Waals surface area contributed by atoms with E-state index >= 15 is 0 Å². The number of hydrogen-bond acceptors (Lipinski definition) is 3. The van der Waals surface area contributed by atoms with Gasteiger partial charge in [0.05, 0.1) is 0 Å². The van der Waals surface area contributed by atoms with Crippen molar-refractivity contribution >= 4 is 17.4 Å². The summed E-state index contributed by atoms with van der Waals surface area (Å²) in [5.74, 6) is 0.383. The molecule has 0 saturated carbocycles. The van der Waals surface area contributed by atoms with Gasteiger partial charge in [-0.1, -0.05) is 13.8 Å². The summed E-state index contributed by atoms with van der Waals surface area (Å²) in [6.07, 6.45) is 2.92. The van der Waals surface area contributed by atoms with Gasteiger partial charge in [0.25, 0.3) is 0 Å². The van der Waals surface area contributed by atoms with Crippen LogP contribution >= 0.6 is 11.6 Å². The maximum atomic E-state index is 11.6. The highest BCUT2D eigenvalue weighted by Crippen LogP contribution is 2.18. The lowest BCUT2D eigenvalue weighted by molar-refractivity contribution is -0.126. The maximum Gasteiger partial charge on any atom is 0.161 e. The van der Waals surface area contributed by atoms with E-state index in [1.807, 2.05) is 13.8 Å². The van der Waals surface area contributed by atoms with Crippen LogP contribution in [0.1, 0.15) is 13.8 Å². The van der Waals surface area contributed by atoms with Crippen molar-refractivity contribution in [1.29, 1.82) is 0 Å². The molecule has 0 atom stereocenters. The molecule has 0 unspecified atom stereocenters. The predicted octanol–water partition coefficient (Wildman–Crippen LogP) is 1.11. The summed E-state index contributed by atoms with van der Waals surface area (Å²) in [6.45, 7) is 3.87. The Morgan fingerprint density at radius 1 is 1.62 bits per heavy atom. The molecule has 0 saturated heterocycles. The minimum absolute atomic E-state index is 0.0630. The summed E-state index contributed by atoms with van der Waals surface area (Å²) < 4.78 is 1.50. The highest BCUT2D eigenvalue weighted by Gasteiger charge is 2.26. The van der Waals surface area contributed by atoms with Crippen LogP contribution in [-0.2, 0) is 11.3 Å². The monoisotopic (exact) mass is 201 g/mol. The molecule has 1 rings (SSSR count). The molecule has 0 N–H and O–H groups in total.